The third-order valence-electron chi connectivity index (χ3n) is 5.41. The number of benzene rings is 3. The number of rotatable bonds is 7. The number of esters is 1. The number of anilines is 1. The number of hydrogen-bond donors (Lipinski definition) is 0. The van der Waals surface area contributed by atoms with E-state index in [1.165, 1.54) is 11.8 Å². The molecule has 0 saturated carbocycles. The first-order valence-corrected chi connectivity index (χ1v) is 11.6. The third-order valence-corrected chi connectivity index (χ3v) is 6.65. The molecule has 1 fully saturated rings. The van der Waals surface area contributed by atoms with Crippen molar-refractivity contribution in [3.05, 3.63) is 96.6 Å². The Morgan fingerprint density at radius 2 is 1.34 bits per heavy atom. The quantitative estimate of drug-likeness (QED) is 0.397. The van der Waals surface area contributed by atoms with Crippen molar-refractivity contribution in [2.24, 2.45) is 0 Å². The van der Waals surface area contributed by atoms with Crippen molar-refractivity contribution in [1.82, 2.24) is 4.90 Å². The van der Waals surface area contributed by atoms with Gasteiger partial charge >= 0.3 is 5.97 Å². The summed E-state index contributed by atoms with van der Waals surface area (Å²) >= 11 is 1.43. The average molecular weight is 447 g/mol. The highest BCUT2D eigenvalue weighted by atomic mass is 32.2. The number of piperazine rings is 1. The van der Waals surface area contributed by atoms with Gasteiger partial charge in [-0.1, -0.05) is 66.7 Å². The van der Waals surface area contributed by atoms with Crippen LogP contribution in [0.15, 0.2) is 95.9 Å². The molecule has 0 aromatic heterocycles. The minimum Gasteiger partial charge on any atom is -0.454 e. The van der Waals surface area contributed by atoms with Gasteiger partial charge in [0.15, 0.2) is 6.61 Å². The summed E-state index contributed by atoms with van der Waals surface area (Å²) in [6.45, 7) is 2.53. The molecule has 1 aliphatic heterocycles. The Hall–Kier alpha value is -3.25. The maximum absolute atomic E-state index is 13.0. The summed E-state index contributed by atoms with van der Waals surface area (Å²) in [5, 5.41) is -0.527. The first-order valence-electron chi connectivity index (χ1n) is 10.7. The Bertz CT molecular complexity index is 1010. The summed E-state index contributed by atoms with van der Waals surface area (Å²) < 4.78 is 5.49. The molecule has 0 unspecified atom stereocenters. The monoisotopic (exact) mass is 446 g/mol. The molecule has 1 saturated heterocycles. The summed E-state index contributed by atoms with van der Waals surface area (Å²) in [6, 6.07) is 29.5. The smallest absolute Gasteiger partial charge is 0.324 e. The van der Waals surface area contributed by atoms with Crippen LogP contribution in [0.5, 0.6) is 0 Å². The molecule has 1 aliphatic rings. The Kier molecular flexibility index (Phi) is 7.46. The second kappa shape index (κ2) is 10.9. The lowest BCUT2D eigenvalue weighted by atomic mass is 10.1. The standard InChI is InChI=1S/C26H26N2O3S/c29-24(28-18-16-27(17-19-28)22-12-6-2-7-13-22)20-31-26(30)25(21-10-4-1-5-11-21)32-23-14-8-3-9-15-23/h1-15,25H,16-20H2/t25-/m0/s1. The van der Waals surface area contributed by atoms with E-state index in [4.69, 9.17) is 4.74 Å². The normalized spacial score (nSPS) is 14.6. The molecule has 6 heteroatoms. The number of carbonyl (C=O) groups is 2. The Morgan fingerprint density at radius 1 is 0.781 bits per heavy atom. The van der Waals surface area contributed by atoms with Crippen LogP contribution in [0.2, 0.25) is 0 Å². The molecule has 164 valence electrons. The molecule has 0 bridgehead atoms. The zero-order valence-electron chi connectivity index (χ0n) is 17.8. The largest absolute Gasteiger partial charge is 0.454 e. The maximum Gasteiger partial charge on any atom is 0.324 e. The number of para-hydroxylation sites is 1. The van der Waals surface area contributed by atoms with Crippen LogP contribution >= 0.6 is 11.8 Å². The van der Waals surface area contributed by atoms with Crippen LogP contribution < -0.4 is 4.90 Å². The zero-order chi connectivity index (χ0) is 22.2. The van der Waals surface area contributed by atoms with Crippen LogP contribution in [0.1, 0.15) is 10.8 Å². The van der Waals surface area contributed by atoms with Gasteiger partial charge in [0, 0.05) is 36.8 Å². The van der Waals surface area contributed by atoms with Gasteiger partial charge in [-0.15, -0.1) is 11.8 Å². The lowest BCUT2D eigenvalue weighted by Gasteiger charge is -2.36. The van der Waals surface area contributed by atoms with Crippen LogP contribution in [0, 0.1) is 0 Å². The number of carbonyl (C=O) groups excluding carboxylic acids is 2. The summed E-state index contributed by atoms with van der Waals surface area (Å²) in [5.74, 6) is -0.552. The molecular formula is C26H26N2O3S. The molecule has 0 spiro atoms. The molecular weight excluding hydrogens is 420 g/mol. The fraction of sp³-hybridized carbons (Fsp3) is 0.231. The molecule has 1 heterocycles. The van der Waals surface area contributed by atoms with Gasteiger partial charge in [-0.05, 0) is 29.8 Å². The van der Waals surface area contributed by atoms with Crippen LogP contribution in [0.4, 0.5) is 5.69 Å². The molecule has 32 heavy (non-hydrogen) atoms. The molecule has 1 amide bonds. The minimum atomic E-state index is -0.527. The molecule has 0 N–H and O–H groups in total. The second-order valence-corrected chi connectivity index (χ2v) is 8.71. The van der Waals surface area contributed by atoms with Gasteiger partial charge in [0.25, 0.3) is 5.91 Å². The highest BCUT2D eigenvalue weighted by Crippen LogP contribution is 2.36. The van der Waals surface area contributed by atoms with Gasteiger partial charge in [-0.3, -0.25) is 9.59 Å². The van der Waals surface area contributed by atoms with Gasteiger partial charge in [0.05, 0.1) is 0 Å². The minimum absolute atomic E-state index is 0.150. The molecule has 0 aliphatic carbocycles. The van der Waals surface area contributed by atoms with E-state index in [1.807, 2.05) is 78.9 Å². The number of hydrogen-bond acceptors (Lipinski definition) is 5. The topological polar surface area (TPSA) is 49.9 Å². The van der Waals surface area contributed by atoms with Crippen LogP contribution in [-0.4, -0.2) is 49.6 Å². The molecule has 4 rings (SSSR count). The first kappa shape index (κ1) is 22.0. The Morgan fingerprint density at radius 3 is 1.97 bits per heavy atom. The van der Waals surface area contributed by atoms with E-state index in [2.05, 4.69) is 17.0 Å². The van der Waals surface area contributed by atoms with E-state index >= 15 is 0 Å². The van der Waals surface area contributed by atoms with Crippen molar-refractivity contribution < 1.29 is 14.3 Å². The fourth-order valence-corrected chi connectivity index (χ4v) is 4.71. The number of thioether (sulfide) groups is 1. The predicted octanol–water partition coefficient (Wildman–Crippen LogP) is 4.41. The van der Waals surface area contributed by atoms with E-state index in [1.54, 1.807) is 4.90 Å². The van der Waals surface area contributed by atoms with Crippen molar-refractivity contribution in [3.8, 4) is 0 Å². The van der Waals surface area contributed by atoms with Crippen molar-refractivity contribution in [2.75, 3.05) is 37.7 Å². The summed E-state index contributed by atoms with van der Waals surface area (Å²) in [5.41, 5.74) is 2.02. The van der Waals surface area contributed by atoms with Gasteiger partial charge in [-0.25, -0.2) is 0 Å². The van der Waals surface area contributed by atoms with Crippen molar-refractivity contribution in [2.45, 2.75) is 10.1 Å². The lowest BCUT2D eigenvalue weighted by molar-refractivity contribution is -0.151. The molecule has 3 aromatic carbocycles. The Balaban J connectivity index is 1.33. The molecule has 3 aromatic rings. The average Bonchev–Trinajstić information content (AvgIpc) is 2.87. The number of ether oxygens (including phenoxy) is 1. The van der Waals surface area contributed by atoms with E-state index in [0.29, 0.717) is 13.1 Å². The second-order valence-electron chi connectivity index (χ2n) is 7.53. The number of nitrogens with zero attached hydrogens (tertiary/aromatic N) is 2. The maximum atomic E-state index is 13.0. The van der Waals surface area contributed by atoms with Crippen molar-refractivity contribution in [1.29, 1.82) is 0 Å². The van der Waals surface area contributed by atoms with E-state index in [-0.39, 0.29) is 12.5 Å². The third kappa shape index (κ3) is 5.71. The first-order chi connectivity index (χ1) is 15.7. The fourth-order valence-electron chi connectivity index (χ4n) is 3.67. The summed E-state index contributed by atoms with van der Waals surface area (Å²) in [4.78, 5) is 30.6. The van der Waals surface area contributed by atoms with Crippen molar-refractivity contribution in [3.63, 3.8) is 0 Å². The van der Waals surface area contributed by atoms with E-state index < -0.39 is 11.2 Å². The highest BCUT2D eigenvalue weighted by Gasteiger charge is 2.26. The molecule has 5 nitrogen and oxygen atoms in total. The summed E-state index contributed by atoms with van der Waals surface area (Å²) in [7, 11) is 0. The van der Waals surface area contributed by atoms with Crippen LogP contribution in [0.3, 0.4) is 0 Å². The lowest BCUT2D eigenvalue weighted by Crippen LogP contribution is -2.50. The van der Waals surface area contributed by atoms with Gasteiger partial charge in [0.2, 0.25) is 0 Å². The van der Waals surface area contributed by atoms with E-state index in [9.17, 15) is 9.59 Å². The zero-order valence-corrected chi connectivity index (χ0v) is 18.6. The summed E-state index contributed by atoms with van der Waals surface area (Å²) in [6.07, 6.45) is 0. The number of amides is 1. The Labute approximate surface area is 193 Å². The SMILES string of the molecule is O=C(OCC(=O)N1CCN(c2ccccc2)CC1)[C@@H](Sc1ccccc1)c1ccccc1. The highest BCUT2D eigenvalue weighted by molar-refractivity contribution is 8.00. The van der Waals surface area contributed by atoms with Gasteiger partial charge < -0.3 is 14.5 Å². The van der Waals surface area contributed by atoms with Gasteiger partial charge in [0.1, 0.15) is 5.25 Å². The van der Waals surface area contributed by atoms with Gasteiger partial charge in [-0.2, -0.15) is 0 Å². The predicted molar refractivity (Wildman–Crippen MR) is 128 cm³/mol. The van der Waals surface area contributed by atoms with E-state index in [0.717, 1.165) is 29.2 Å². The van der Waals surface area contributed by atoms with Crippen molar-refractivity contribution >= 4 is 29.3 Å². The van der Waals surface area contributed by atoms with Crippen LogP contribution in [0.25, 0.3) is 0 Å². The molecule has 0 radical (unpaired) electrons. The molecule has 1 atom stereocenters. The van der Waals surface area contributed by atoms with Crippen LogP contribution in [-0.2, 0) is 14.3 Å².